The topological polar surface area (TPSA) is 129 Å². The number of aliphatic hydroxyl groups excluding tert-OH is 1. The molecule has 2 aromatic carbocycles. The third-order valence-electron chi connectivity index (χ3n) is 5.62. The molecule has 0 bridgehead atoms. The molecular weight excluding hydrogens is 494 g/mol. The molecule has 3 N–H and O–H groups in total. The second kappa shape index (κ2) is 13.2. The van der Waals surface area contributed by atoms with Crippen molar-refractivity contribution in [1.29, 1.82) is 0 Å². The van der Waals surface area contributed by atoms with Gasteiger partial charge in [-0.2, -0.15) is 4.31 Å². The molecule has 1 aromatic heterocycles. The van der Waals surface area contributed by atoms with E-state index in [1.807, 2.05) is 44.2 Å². The molecule has 0 saturated carbocycles. The van der Waals surface area contributed by atoms with Crippen LogP contribution in [0, 0.1) is 5.92 Å². The molecule has 3 rings (SSSR count). The maximum absolute atomic E-state index is 13.4. The van der Waals surface area contributed by atoms with Crippen molar-refractivity contribution in [3.63, 3.8) is 0 Å². The lowest BCUT2D eigenvalue weighted by Crippen LogP contribution is -2.51. The molecule has 10 heteroatoms. The van der Waals surface area contributed by atoms with Crippen LogP contribution in [0.15, 0.2) is 84.0 Å². The lowest BCUT2D eigenvalue weighted by atomic mass is 10.0. The van der Waals surface area contributed by atoms with E-state index in [1.165, 1.54) is 28.6 Å². The SMILES string of the molecule is CC(C)CN(C[C@@H](O)[C@H](Cc1ccccc1)NC(=O)OCc1ccncc1)S(=O)(=O)c1ccc(O)cc1. The summed E-state index contributed by atoms with van der Waals surface area (Å²) in [5.74, 6) is -0.0725. The molecule has 198 valence electrons. The van der Waals surface area contributed by atoms with Crippen LogP contribution in [0.2, 0.25) is 0 Å². The van der Waals surface area contributed by atoms with Gasteiger partial charge in [0.25, 0.3) is 0 Å². The van der Waals surface area contributed by atoms with Gasteiger partial charge >= 0.3 is 6.09 Å². The maximum Gasteiger partial charge on any atom is 0.407 e. The quantitative estimate of drug-likeness (QED) is 0.329. The highest BCUT2D eigenvalue weighted by atomic mass is 32.2. The van der Waals surface area contributed by atoms with Crippen LogP contribution in [0.4, 0.5) is 4.79 Å². The fraction of sp³-hybridized carbons (Fsp3) is 0.333. The number of amides is 1. The maximum atomic E-state index is 13.4. The Morgan fingerprint density at radius 2 is 1.62 bits per heavy atom. The van der Waals surface area contributed by atoms with Crippen molar-refractivity contribution in [2.75, 3.05) is 13.1 Å². The van der Waals surface area contributed by atoms with Crippen LogP contribution in [0.25, 0.3) is 0 Å². The number of benzene rings is 2. The Kier molecular flexibility index (Phi) is 10.0. The molecule has 0 spiro atoms. The highest BCUT2D eigenvalue weighted by Gasteiger charge is 2.31. The number of hydrogen-bond donors (Lipinski definition) is 3. The number of pyridine rings is 1. The van der Waals surface area contributed by atoms with Gasteiger partial charge in [0.05, 0.1) is 17.0 Å². The van der Waals surface area contributed by atoms with E-state index in [2.05, 4.69) is 10.3 Å². The Morgan fingerprint density at radius 3 is 2.24 bits per heavy atom. The first kappa shape index (κ1) is 28.1. The Balaban J connectivity index is 1.79. The van der Waals surface area contributed by atoms with Gasteiger partial charge in [-0.3, -0.25) is 4.98 Å². The Morgan fingerprint density at radius 1 is 0.973 bits per heavy atom. The lowest BCUT2D eigenvalue weighted by Gasteiger charge is -2.30. The summed E-state index contributed by atoms with van der Waals surface area (Å²) >= 11 is 0. The largest absolute Gasteiger partial charge is 0.508 e. The third-order valence-corrected chi connectivity index (χ3v) is 7.47. The fourth-order valence-corrected chi connectivity index (χ4v) is 5.37. The zero-order valence-corrected chi connectivity index (χ0v) is 21.7. The average molecular weight is 528 g/mol. The van der Waals surface area contributed by atoms with Gasteiger partial charge in [0.1, 0.15) is 12.4 Å². The number of rotatable bonds is 12. The zero-order valence-electron chi connectivity index (χ0n) is 20.9. The van der Waals surface area contributed by atoms with E-state index in [1.54, 1.807) is 24.5 Å². The second-order valence-corrected chi connectivity index (χ2v) is 11.1. The highest BCUT2D eigenvalue weighted by Crippen LogP contribution is 2.21. The van der Waals surface area contributed by atoms with Crippen LogP contribution in [-0.4, -0.2) is 59.2 Å². The van der Waals surface area contributed by atoms with Crippen molar-refractivity contribution in [3.05, 3.63) is 90.3 Å². The minimum absolute atomic E-state index is 0.00230. The average Bonchev–Trinajstić information content (AvgIpc) is 2.88. The first-order valence-corrected chi connectivity index (χ1v) is 13.4. The van der Waals surface area contributed by atoms with E-state index in [-0.39, 0.29) is 42.7 Å². The number of phenols is 1. The van der Waals surface area contributed by atoms with Crippen LogP contribution >= 0.6 is 0 Å². The molecule has 3 aromatic rings. The van der Waals surface area contributed by atoms with Crippen molar-refractivity contribution < 1.29 is 28.2 Å². The summed E-state index contributed by atoms with van der Waals surface area (Å²) < 4.78 is 33.3. The van der Waals surface area contributed by atoms with E-state index in [0.717, 1.165) is 11.1 Å². The number of nitrogens with zero attached hydrogens (tertiary/aromatic N) is 2. The highest BCUT2D eigenvalue weighted by molar-refractivity contribution is 7.89. The standard InChI is InChI=1S/C27H33N3O6S/c1-20(2)17-30(37(34,35)24-10-8-23(31)9-11-24)18-26(32)25(16-21-6-4-3-5-7-21)29-27(33)36-19-22-12-14-28-15-13-22/h3-15,20,25-26,31-32H,16-19H2,1-2H3,(H,29,33)/t25-,26+/m0/s1. The lowest BCUT2D eigenvalue weighted by molar-refractivity contribution is 0.0873. The predicted molar refractivity (Wildman–Crippen MR) is 139 cm³/mol. The molecule has 37 heavy (non-hydrogen) atoms. The second-order valence-electron chi connectivity index (χ2n) is 9.15. The number of phenolic OH excluding ortho intramolecular Hbond substituents is 1. The number of carbonyl (C=O) groups is 1. The van der Waals surface area contributed by atoms with Gasteiger partial charge in [-0.05, 0) is 59.9 Å². The number of hydrogen-bond acceptors (Lipinski definition) is 7. The summed E-state index contributed by atoms with van der Waals surface area (Å²) in [6.45, 7) is 3.69. The summed E-state index contributed by atoms with van der Waals surface area (Å²) in [5, 5.41) is 23.5. The first-order chi connectivity index (χ1) is 17.6. The van der Waals surface area contributed by atoms with Crippen molar-refractivity contribution in [2.24, 2.45) is 5.92 Å². The normalized spacial score (nSPS) is 13.3. The van der Waals surface area contributed by atoms with Crippen LogP contribution in [0.5, 0.6) is 5.75 Å². The molecule has 0 aliphatic carbocycles. The molecule has 1 heterocycles. The molecule has 1 amide bonds. The van der Waals surface area contributed by atoms with Crippen molar-refractivity contribution in [2.45, 2.75) is 43.9 Å². The molecule has 2 atom stereocenters. The summed E-state index contributed by atoms with van der Waals surface area (Å²) in [6, 6.07) is 17.2. The van der Waals surface area contributed by atoms with E-state index >= 15 is 0 Å². The number of aromatic nitrogens is 1. The minimum Gasteiger partial charge on any atom is -0.508 e. The van der Waals surface area contributed by atoms with E-state index < -0.39 is 28.3 Å². The van der Waals surface area contributed by atoms with Gasteiger partial charge in [-0.15, -0.1) is 0 Å². The smallest absolute Gasteiger partial charge is 0.407 e. The molecule has 0 aliphatic heterocycles. The van der Waals surface area contributed by atoms with Gasteiger partial charge in [0.2, 0.25) is 10.0 Å². The Hall–Kier alpha value is -3.47. The van der Waals surface area contributed by atoms with Crippen molar-refractivity contribution >= 4 is 16.1 Å². The number of ether oxygens (including phenoxy) is 1. The van der Waals surface area contributed by atoms with Gasteiger partial charge in [-0.1, -0.05) is 44.2 Å². The number of sulfonamides is 1. The zero-order chi connectivity index (χ0) is 26.8. The monoisotopic (exact) mass is 527 g/mol. The summed E-state index contributed by atoms with van der Waals surface area (Å²) in [4.78, 5) is 16.6. The van der Waals surface area contributed by atoms with Crippen molar-refractivity contribution in [1.82, 2.24) is 14.6 Å². The number of nitrogens with one attached hydrogen (secondary N) is 1. The van der Waals surface area contributed by atoms with Crippen molar-refractivity contribution in [3.8, 4) is 5.75 Å². The van der Waals surface area contributed by atoms with Crippen LogP contribution < -0.4 is 5.32 Å². The molecule has 0 saturated heterocycles. The Bertz CT molecular complexity index is 1220. The van der Waals surface area contributed by atoms with E-state index in [9.17, 15) is 23.4 Å². The summed E-state index contributed by atoms with van der Waals surface area (Å²) in [6.07, 6.45) is 1.49. The van der Waals surface area contributed by atoms with Gasteiger partial charge < -0.3 is 20.3 Å². The minimum atomic E-state index is -3.98. The van der Waals surface area contributed by atoms with Gasteiger partial charge in [0, 0.05) is 25.5 Å². The molecule has 0 unspecified atom stereocenters. The van der Waals surface area contributed by atoms with E-state index in [0.29, 0.717) is 0 Å². The van der Waals surface area contributed by atoms with Crippen LogP contribution in [-0.2, 0) is 27.8 Å². The number of aromatic hydroxyl groups is 1. The van der Waals surface area contributed by atoms with E-state index in [4.69, 9.17) is 4.74 Å². The fourth-order valence-electron chi connectivity index (χ4n) is 3.75. The molecular formula is C27H33N3O6S. The summed E-state index contributed by atoms with van der Waals surface area (Å²) in [7, 11) is -3.98. The number of carbonyl (C=O) groups excluding carboxylic acids is 1. The summed E-state index contributed by atoms with van der Waals surface area (Å²) in [5.41, 5.74) is 1.62. The molecule has 0 aliphatic rings. The van der Waals surface area contributed by atoms with Gasteiger partial charge in [0.15, 0.2) is 0 Å². The van der Waals surface area contributed by atoms with Crippen LogP contribution in [0.3, 0.4) is 0 Å². The number of alkyl carbamates (subject to hydrolysis) is 1. The number of aliphatic hydroxyl groups is 1. The molecule has 0 radical (unpaired) electrons. The molecule has 0 fully saturated rings. The Labute approximate surface area is 217 Å². The third kappa shape index (κ3) is 8.56. The first-order valence-electron chi connectivity index (χ1n) is 12.0. The molecule has 9 nitrogen and oxygen atoms in total. The van der Waals surface area contributed by atoms with Crippen LogP contribution in [0.1, 0.15) is 25.0 Å². The van der Waals surface area contributed by atoms with Gasteiger partial charge in [-0.25, -0.2) is 13.2 Å². The predicted octanol–water partition coefficient (Wildman–Crippen LogP) is 3.33.